The summed E-state index contributed by atoms with van der Waals surface area (Å²) in [5.41, 5.74) is 1.42. The second-order valence-corrected chi connectivity index (χ2v) is 5.97. The van der Waals surface area contributed by atoms with Gasteiger partial charge in [-0.05, 0) is 24.1 Å². The van der Waals surface area contributed by atoms with Gasteiger partial charge in [-0.3, -0.25) is 0 Å². The van der Waals surface area contributed by atoms with Gasteiger partial charge in [0.15, 0.2) is 9.84 Å². The van der Waals surface area contributed by atoms with Gasteiger partial charge in [-0.25, -0.2) is 8.42 Å². The predicted octanol–water partition coefficient (Wildman–Crippen LogP) is 6.51. The fourth-order valence-corrected chi connectivity index (χ4v) is 2.58. The second-order valence-electron chi connectivity index (χ2n) is 4.08. The Morgan fingerprint density at radius 3 is 1.84 bits per heavy atom. The number of sulfone groups is 1. The molecule has 0 amide bonds. The third kappa shape index (κ3) is 18.1. The quantitative estimate of drug-likeness (QED) is 0.438. The molecule has 25 heavy (non-hydrogen) atoms. The average molecular weight is 363 g/mol. The van der Waals surface area contributed by atoms with Crippen molar-refractivity contribution in [2.75, 3.05) is 5.75 Å². The van der Waals surface area contributed by atoms with Crippen molar-refractivity contribution in [3.05, 3.63) is 97.1 Å². The lowest BCUT2D eigenvalue weighted by atomic mass is 10.2. The maximum atomic E-state index is 12.1. The molecule has 0 fully saturated rings. The minimum atomic E-state index is -3.35. The zero-order valence-electron chi connectivity index (χ0n) is 16.4. The van der Waals surface area contributed by atoms with E-state index in [1.807, 2.05) is 34.6 Å². The van der Waals surface area contributed by atoms with E-state index in [-0.39, 0.29) is 5.75 Å². The zero-order chi connectivity index (χ0) is 20.1. The van der Waals surface area contributed by atoms with Crippen molar-refractivity contribution in [1.82, 2.24) is 0 Å². The fraction of sp³-hybridized carbons (Fsp3) is 0.273. The SMILES string of the molecule is C=C\C=C/C(/C=C/S(=O)(=O)CC(/C=C\C)=C/C=C)=C\C=C.CC.CC. The molecule has 0 unspecified atom stereocenters. The highest BCUT2D eigenvalue weighted by molar-refractivity contribution is 7.94. The third-order valence-corrected chi connectivity index (χ3v) is 3.57. The molecule has 0 aromatic rings. The first-order valence-electron chi connectivity index (χ1n) is 8.46. The van der Waals surface area contributed by atoms with Crippen LogP contribution in [0.25, 0.3) is 0 Å². The van der Waals surface area contributed by atoms with Crippen molar-refractivity contribution in [2.45, 2.75) is 34.6 Å². The lowest BCUT2D eigenvalue weighted by molar-refractivity contribution is 0.607. The molecule has 0 saturated carbocycles. The molecule has 0 bridgehead atoms. The maximum absolute atomic E-state index is 12.1. The van der Waals surface area contributed by atoms with Gasteiger partial charge in [0.2, 0.25) is 0 Å². The molecule has 0 spiro atoms. The van der Waals surface area contributed by atoms with E-state index in [2.05, 4.69) is 19.7 Å². The van der Waals surface area contributed by atoms with Crippen LogP contribution in [0.4, 0.5) is 0 Å². The van der Waals surface area contributed by atoms with E-state index < -0.39 is 9.84 Å². The smallest absolute Gasteiger partial charge is 0.175 e. The number of rotatable bonds is 9. The first kappa shape index (κ1) is 27.7. The molecular weight excluding hydrogens is 328 g/mol. The maximum Gasteiger partial charge on any atom is 0.175 e. The first-order chi connectivity index (χ1) is 12.0. The van der Waals surface area contributed by atoms with Crippen LogP contribution in [-0.2, 0) is 9.84 Å². The summed E-state index contributed by atoms with van der Waals surface area (Å²) in [6.07, 6.45) is 16.8. The largest absolute Gasteiger partial charge is 0.224 e. The summed E-state index contributed by atoms with van der Waals surface area (Å²) < 4.78 is 24.2. The Bertz CT molecular complexity index is 610. The summed E-state index contributed by atoms with van der Waals surface area (Å²) in [4.78, 5) is 0. The van der Waals surface area contributed by atoms with Crippen LogP contribution in [0.1, 0.15) is 34.6 Å². The highest BCUT2D eigenvalue weighted by Crippen LogP contribution is 2.08. The van der Waals surface area contributed by atoms with Crippen molar-refractivity contribution >= 4 is 9.84 Å². The lowest BCUT2D eigenvalue weighted by Gasteiger charge is -2.00. The number of allylic oxidation sites excluding steroid dienone is 11. The first-order valence-corrected chi connectivity index (χ1v) is 10.2. The molecule has 0 aromatic heterocycles. The van der Waals surface area contributed by atoms with Crippen LogP contribution >= 0.6 is 0 Å². The topological polar surface area (TPSA) is 34.1 Å². The second kappa shape index (κ2) is 19.9. The predicted molar refractivity (Wildman–Crippen MR) is 116 cm³/mol. The molecule has 0 aliphatic heterocycles. The van der Waals surface area contributed by atoms with Gasteiger partial charge in [-0.2, -0.15) is 0 Å². The normalized spacial score (nSPS) is 12.4. The Balaban J connectivity index is -0.00000112. The van der Waals surface area contributed by atoms with Crippen molar-refractivity contribution in [3.63, 3.8) is 0 Å². The minimum absolute atomic E-state index is 0.0631. The van der Waals surface area contributed by atoms with Crippen LogP contribution in [0.3, 0.4) is 0 Å². The molecule has 0 saturated heterocycles. The highest BCUT2D eigenvalue weighted by atomic mass is 32.2. The van der Waals surface area contributed by atoms with Crippen LogP contribution < -0.4 is 0 Å². The summed E-state index contributed by atoms with van der Waals surface area (Å²) in [5, 5.41) is 1.20. The summed E-state index contributed by atoms with van der Waals surface area (Å²) in [6.45, 7) is 20.6. The van der Waals surface area contributed by atoms with Crippen molar-refractivity contribution in [2.24, 2.45) is 0 Å². The Morgan fingerprint density at radius 2 is 1.40 bits per heavy atom. The van der Waals surface area contributed by atoms with Crippen molar-refractivity contribution in [1.29, 1.82) is 0 Å². The Labute approximate surface area is 156 Å². The van der Waals surface area contributed by atoms with Gasteiger partial charge in [-0.1, -0.05) is 102 Å². The highest BCUT2D eigenvalue weighted by Gasteiger charge is 2.07. The van der Waals surface area contributed by atoms with Crippen LogP contribution in [0, 0.1) is 0 Å². The van der Waals surface area contributed by atoms with Crippen LogP contribution in [0.15, 0.2) is 97.1 Å². The van der Waals surface area contributed by atoms with Crippen LogP contribution in [0.5, 0.6) is 0 Å². The molecule has 0 aliphatic carbocycles. The Hall–Kier alpha value is -2.13. The molecule has 0 N–H and O–H groups in total. The Morgan fingerprint density at radius 1 is 0.840 bits per heavy atom. The molecule has 140 valence electrons. The summed E-state index contributed by atoms with van der Waals surface area (Å²) in [7, 11) is -3.35. The van der Waals surface area contributed by atoms with Crippen molar-refractivity contribution < 1.29 is 8.42 Å². The van der Waals surface area contributed by atoms with Gasteiger partial charge in [-0.15, -0.1) is 0 Å². The Kier molecular flexibility index (Phi) is 22.1. The van der Waals surface area contributed by atoms with Crippen molar-refractivity contribution in [3.8, 4) is 0 Å². The van der Waals surface area contributed by atoms with E-state index in [9.17, 15) is 8.42 Å². The van der Waals surface area contributed by atoms with Crippen LogP contribution in [0.2, 0.25) is 0 Å². The molecule has 2 nitrogen and oxygen atoms in total. The third-order valence-electron chi connectivity index (χ3n) is 2.28. The van der Waals surface area contributed by atoms with E-state index in [0.717, 1.165) is 5.57 Å². The summed E-state index contributed by atoms with van der Waals surface area (Å²) in [6, 6.07) is 0. The van der Waals surface area contributed by atoms with Gasteiger partial charge < -0.3 is 0 Å². The molecule has 0 radical (unpaired) electrons. The number of hydrogen-bond donors (Lipinski definition) is 0. The molecule has 0 aromatic carbocycles. The van der Waals surface area contributed by atoms with E-state index in [4.69, 9.17) is 0 Å². The van der Waals surface area contributed by atoms with Gasteiger partial charge >= 0.3 is 0 Å². The van der Waals surface area contributed by atoms with E-state index in [0.29, 0.717) is 5.57 Å². The molecule has 0 heterocycles. The van der Waals surface area contributed by atoms with E-state index in [1.165, 1.54) is 11.5 Å². The molecule has 0 rings (SSSR count). The molecule has 3 heteroatoms. The standard InChI is InChI=1S/C18H22O2S.2C2H6/c1-5-9-13-17(10-6-2)14-15-21(19,20)16-18(11-7-3)12-8-4;2*1-2/h5-15H,1-3,16H2,4H3;2*1-2H3/b12-8-,13-9-,15-14+,17-10+,18-11+;;. The monoisotopic (exact) mass is 362 g/mol. The molecular formula is C22H34O2S. The summed E-state index contributed by atoms with van der Waals surface area (Å²) in [5.74, 6) is -0.0631. The van der Waals surface area contributed by atoms with Gasteiger partial charge in [0.05, 0.1) is 5.75 Å². The van der Waals surface area contributed by atoms with Gasteiger partial charge in [0, 0.05) is 5.41 Å². The molecule has 0 aliphatic rings. The van der Waals surface area contributed by atoms with Gasteiger partial charge in [0.25, 0.3) is 0 Å². The number of hydrogen-bond acceptors (Lipinski definition) is 2. The fourth-order valence-electron chi connectivity index (χ4n) is 1.46. The zero-order valence-corrected chi connectivity index (χ0v) is 17.2. The minimum Gasteiger partial charge on any atom is -0.224 e. The van der Waals surface area contributed by atoms with E-state index in [1.54, 1.807) is 54.7 Å². The van der Waals surface area contributed by atoms with E-state index >= 15 is 0 Å². The summed E-state index contributed by atoms with van der Waals surface area (Å²) >= 11 is 0. The molecule has 0 atom stereocenters. The van der Waals surface area contributed by atoms with Gasteiger partial charge in [0.1, 0.15) is 0 Å². The lowest BCUT2D eigenvalue weighted by Crippen LogP contribution is -2.04. The van der Waals surface area contributed by atoms with Crippen LogP contribution in [-0.4, -0.2) is 14.2 Å². The average Bonchev–Trinajstić information content (AvgIpc) is 2.61.